The minimum atomic E-state index is -0.455. The van der Waals surface area contributed by atoms with Crippen LogP contribution >= 0.6 is 23.2 Å². The van der Waals surface area contributed by atoms with E-state index in [2.05, 4.69) is 9.88 Å². The van der Waals surface area contributed by atoms with E-state index >= 15 is 0 Å². The highest BCUT2D eigenvalue weighted by Crippen LogP contribution is 2.24. The van der Waals surface area contributed by atoms with Crippen molar-refractivity contribution in [3.8, 4) is 0 Å². The van der Waals surface area contributed by atoms with Crippen molar-refractivity contribution in [2.45, 2.75) is 12.4 Å². The molecule has 2 heterocycles. The van der Waals surface area contributed by atoms with Gasteiger partial charge in [0, 0.05) is 32.2 Å². The van der Waals surface area contributed by atoms with Crippen LogP contribution in [0.2, 0.25) is 5.02 Å². The molecule has 0 atom stereocenters. The second kappa shape index (κ2) is 6.48. The number of fused-ring (bicyclic) bond motifs is 1. The molecule has 1 saturated heterocycles. The maximum atomic E-state index is 13.5. The fraction of sp³-hybridized carbons (Fsp3) is 0.500. The van der Waals surface area contributed by atoms with Gasteiger partial charge >= 0.3 is 0 Å². The van der Waals surface area contributed by atoms with Crippen LogP contribution in [0.4, 0.5) is 4.39 Å². The third-order valence-corrected chi connectivity index (χ3v) is 4.26. The third-order valence-electron chi connectivity index (χ3n) is 3.73. The van der Waals surface area contributed by atoms with Gasteiger partial charge in [0.15, 0.2) is 0 Å². The zero-order valence-corrected chi connectivity index (χ0v) is 13.0. The van der Waals surface area contributed by atoms with E-state index in [1.165, 1.54) is 6.07 Å². The summed E-state index contributed by atoms with van der Waals surface area (Å²) in [4.78, 5) is 6.72. The topological polar surface area (TPSA) is 30.3 Å². The predicted octanol–water partition coefficient (Wildman–Crippen LogP) is 2.90. The number of morpholine rings is 1. The van der Waals surface area contributed by atoms with Crippen molar-refractivity contribution >= 4 is 34.2 Å². The first kappa shape index (κ1) is 15.0. The number of halogens is 3. The number of alkyl halides is 1. The molecule has 1 aromatic carbocycles. The quantitative estimate of drug-likeness (QED) is 0.807. The van der Waals surface area contributed by atoms with E-state index in [1.807, 2.05) is 4.57 Å². The average molecular weight is 332 g/mol. The number of rotatable bonds is 4. The molecule has 0 unspecified atom stereocenters. The van der Waals surface area contributed by atoms with E-state index in [0.29, 0.717) is 5.52 Å². The average Bonchev–Trinajstić information content (AvgIpc) is 2.83. The lowest BCUT2D eigenvalue weighted by Crippen LogP contribution is -2.38. The Kier molecular flexibility index (Phi) is 4.64. The van der Waals surface area contributed by atoms with Crippen LogP contribution < -0.4 is 0 Å². The van der Waals surface area contributed by atoms with Crippen LogP contribution in [0.3, 0.4) is 0 Å². The summed E-state index contributed by atoms with van der Waals surface area (Å²) in [5.74, 6) is 0.571. The van der Waals surface area contributed by atoms with Gasteiger partial charge in [0.25, 0.3) is 0 Å². The Balaban J connectivity index is 1.86. The van der Waals surface area contributed by atoms with Crippen LogP contribution in [0.5, 0.6) is 0 Å². The molecule has 3 rings (SSSR count). The van der Waals surface area contributed by atoms with Gasteiger partial charge in [-0.3, -0.25) is 4.90 Å². The molecule has 4 nitrogen and oxygen atoms in total. The van der Waals surface area contributed by atoms with Crippen molar-refractivity contribution in [2.24, 2.45) is 0 Å². The van der Waals surface area contributed by atoms with Gasteiger partial charge in [0.1, 0.15) is 11.6 Å². The number of hydrogen-bond donors (Lipinski definition) is 0. The minimum Gasteiger partial charge on any atom is -0.379 e. The van der Waals surface area contributed by atoms with Gasteiger partial charge in [0.05, 0.1) is 35.1 Å². The largest absolute Gasteiger partial charge is 0.379 e. The van der Waals surface area contributed by atoms with Crippen molar-refractivity contribution < 1.29 is 9.13 Å². The van der Waals surface area contributed by atoms with Crippen molar-refractivity contribution in [1.29, 1.82) is 0 Å². The number of hydrogen-bond acceptors (Lipinski definition) is 3. The van der Waals surface area contributed by atoms with E-state index in [-0.39, 0.29) is 10.9 Å². The summed E-state index contributed by atoms with van der Waals surface area (Å²) in [5, 5.41) is 0.108. The van der Waals surface area contributed by atoms with Crippen molar-refractivity contribution in [3.63, 3.8) is 0 Å². The standard InChI is InChI=1S/C14H16Cl2FN3O/c15-9-14-18-12-8-11(17)10(16)7-13(12)20(14)2-1-19-3-5-21-6-4-19/h7-8H,1-6,9H2. The smallest absolute Gasteiger partial charge is 0.144 e. The lowest BCUT2D eigenvalue weighted by Gasteiger charge is -2.26. The Hall–Kier alpha value is -0.880. The molecule has 0 bridgehead atoms. The monoisotopic (exact) mass is 331 g/mol. The second-order valence-corrected chi connectivity index (χ2v) is 5.70. The second-order valence-electron chi connectivity index (χ2n) is 5.02. The molecule has 1 aromatic heterocycles. The first-order valence-corrected chi connectivity index (χ1v) is 7.80. The van der Waals surface area contributed by atoms with E-state index in [9.17, 15) is 4.39 Å². The molecular formula is C14H16Cl2FN3O. The van der Waals surface area contributed by atoms with E-state index < -0.39 is 5.82 Å². The Morgan fingerprint density at radius 1 is 1.24 bits per heavy atom. The van der Waals surface area contributed by atoms with E-state index in [4.69, 9.17) is 27.9 Å². The highest BCUT2D eigenvalue weighted by molar-refractivity contribution is 6.31. The number of imidazole rings is 1. The summed E-state index contributed by atoms with van der Waals surface area (Å²) >= 11 is 11.8. The summed E-state index contributed by atoms with van der Waals surface area (Å²) in [6.07, 6.45) is 0. The Bertz CT molecular complexity index is 641. The van der Waals surface area contributed by atoms with Crippen molar-refractivity contribution in [3.05, 3.63) is 28.8 Å². The zero-order valence-electron chi connectivity index (χ0n) is 11.5. The fourth-order valence-corrected chi connectivity index (χ4v) is 2.95. The minimum absolute atomic E-state index is 0.108. The first-order valence-electron chi connectivity index (χ1n) is 6.89. The van der Waals surface area contributed by atoms with Gasteiger partial charge in [-0.15, -0.1) is 11.6 Å². The predicted molar refractivity (Wildman–Crippen MR) is 81.5 cm³/mol. The molecule has 114 valence electrons. The van der Waals surface area contributed by atoms with Crippen LogP contribution in [-0.2, 0) is 17.2 Å². The molecule has 0 amide bonds. The van der Waals surface area contributed by atoms with Gasteiger partial charge in [-0.1, -0.05) is 11.6 Å². The lowest BCUT2D eigenvalue weighted by molar-refractivity contribution is 0.0364. The molecule has 0 aliphatic carbocycles. The highest BCUT2D eigenvalue weighted by Gasteiger charge is 2.15. The van der Waals surface area contributed by atoms with E-state index in [1.54, 1.807) is 6.07 Å². The number of ether oxygens (including phenoxy) is 1. The summed E-state index contributed by atoms with van der Waals surface area (Å²) in [5.41, 5.74) is 1.42. The van der Waals surface area contributed by atoms with Crippen LogP contribution in [-0.4, -0.2) is 47.3 Å². The van der Waals surface area contributed by atoms with Gasteiger partial charge in [-0.05, 0) is 6.07 Å². The van der Waals surface area contributed by atoms with Crippen molar-refractivity contribution in [1.82, 2.24) is 14.5 Å². The number of benzene rings is 1. The molecule has 21 heavy (non-hydrogen) atoms. The number of nitrogens with zero attached hydrogens (tertiary/aromatic N) is 3. The molecule has 1 aliphatic rings. The fourth-order valence-electron chi connectivity index (χ4n) is 2.59. The number of aromatic nitrogens is 2. The molecule has 0 radical (unpaired) electrons. The molecule has 1 fully saturated rings. The third kappa shape index (κ3) is 3.16. The van der Waals surface area contributed by atoms with E-state index in [0.717, 1.165) is 50.7 Å². The molecule has 1 aliphatic heterocycles. The molecule has 2 aromatic rings. The first-order chi connectivity index (χ1) is 10.2. The van der Waals surface area contributed by atoms with Crippen LogP contribution in [0.25, 0.3) is 11.0 Å². The lowest BCUT2D eigenvalue weighted by atomic mass is 10.3. The van der Waals surface area contributed by atoms with Crippen LogP contribution in [0, 0.1) is 5.82 Å². The SMILES string of the molecule is Fc1cc2nc(CCl)n(CCN3CCOCC3)c2cc1Cl. The van der Waals surface area contributed by atoms with Gasteiger partial charge in [-0.25, -0.2) is 9.37 Å². The van der Waals surface area contributed by atoms with Crippen molar-refractivity contribution in [2.75, 3.05) is 32.8 Å². The Morgan fingerprint density at radius 3 is 2.71 bits per heavy atom. The van der Waals surface area contributed by atoms with Crippen LogP contribution in [0.15, 0.2) is 12.1 Å². The molecule has 7 heteroatoms. The summed E-state index contributed by atoms with van der Waals surface area (Å²) in [7, 11) is 0. The normalized spacial score (nSPS) is 16.7. The molecule has 0 spiro atoms. The molecule has 0 N–H and O–H groups in total. The van der Waals surface area contributed by atoms with Crippen LogP contribution in [0.1, 0.15) is 5.82 Å². The van der Waals surface area contributed by atoms with Gasteiger partial charge in [0.2, 0.25) is 0 Å². The molecular weight excluding hydrogens is 316 g/mol. The Morgan fingerprint density at radius 2 is 2.00 bits per heavy atom. The van der Waals surface area contributed by atoms with Gasteiger partial charge in [-0.2, -0.15) is 0 Å². The summed E-state index contributed by atoms with van der Waals surface area (Å²) < 4.78 is 20.9. The summed E-state index contributed by atoms with van der Waals surface area (Å²) in [6, 6.07) is 2.98. The maximum Gasteiger partial charge on any atom is 0.144 e. The molecule has 0 saturated carbocycles. The summed E-state index contributed by atoms with van der Waals surface area (Å²) in [6.45, 7) is 5.03. The highest BCUT2D eigenvalue weighted by atomic mass is 35.5. The zero-order chi connectivity index (χ0) is 14.8. The Labute approximate surface area is 132 Å². The maximum absolute atomic E-state index is 13.5. The van der Waals surface area contributed by atoms with Gasteiger partial charge < -0.3 is 9.30 Å².